The minimum Gasteiger partial charge on any atom is -0.875 e. The first-order chi connectivity index (χ1) is 17.0. The standard InChI is InChI=1S/C31H38O4/c32-28-22(29(33)25-15-19-9-5-4-8-18(19)14-24(25)28)12-2-1-3-13-23-30(34)26-16-20-10-6-7-11-21(20)17-27(26)31(23)35/h1-3,12-13,18-21,24-27,32H,4-11,14-17H2/p-1. The number of rotatable bonds is 3. The monoisotopic (exact) mass is 473 g/mol. The summed E-state index contributed by atoms with van der Waals surface area (Å²) in [4.78, 5) is 39.0. The molecule has 0 radical (unpaired) electrons. The molecule has 4 heteroatoms. The summed E-state index contributed by atoms with van der Waals surface area (Å²) in [6.45, 7) is 0. The van der Waals surface area contributed by atoms with Gasteiger partial charge in [0.05, 0.1) is 5.57 Å². The molecule has 0 saturated heterocycles. The van der Waals surface area contributed by atoms with Gasteiger partial charge in [0.15, 0.2) is 17.3 Å². The second kappa shape index (κ2) is 9.33. The maximum absolute atomic E-state index is 13.0. The largest absolute Gasteiger partial charge is 0.875 e. The highest BCUT2D eigenvalue weighted by Crippen LogP contribution is 2.51. The maximum Gasteiger partial charge on any atom is 0.170 e. The van der Waals surface area contributed by atoms with Crippen molar-refractivity contribution in [1.82, 2.24) is 0 Å². The molecule has 0 heterocycles. The van der Waals surface area contributed by atoms with Crippen molar-refractivity contribution in [2.45, 2.75) is 77.0 Å². The van der Waals surface area contributed by atoms with Crippen LogP contribution < -0.4 is 5.11 Å². The van der Waals surface area contributed by atoms with Crippen LogP contribution >= 0.6 is 0 Å². The van der Waals surface area contributed by atoms with E-state index in [1.54, 1.807) is 30.4 Å². The first-order valence-electron chi connectivity index (χ1n) is 14.1. The molecule has 8 unspecified atom stereocenters. The molecule has 0 aromatic rings. The van der Waals surface area contributed by atoms with Crippen molar-refractivity contribution in [2.24, 2.45) is 47.3 Å². The molecule has 8 atom stereocenters. The molecule has 0 aliphatic heterocycles. The molecule has 6 aliphatic carbocycles. The Morgan fingerprint density at radius 2 is 1.03 bits per heavy atom. The van der Waals surface area contributed by atoms with Gasteiger partial charge in [0, 0.05) is 23.3 Å². The number of carbonyl (C=O) groups is 3. The van der Waals surface area contributed by atoms with Crippen LogP contribution in [0.5, 0.6) is 0 Å². The van der Waals surface area contributed by atoms with Crippen molar-refractivity contribution in [3.8, 4) is 0 Å². The summed E-state index contributed by atoms with van der Waals surface area (Å²) in [5.41, 5.74) is 0.690. The van der Waals surface area contributed by atoms with Crippen molar-refractivity contribution in [2.75, 3.05) is 0 Å². The molecule has 0 aromatic carbocycles. The Balaban J connectivity index is 1.12. The summed E-state index contributed by atoms with van der Waals surface area (Å²) in [5.74, 6) is 2.10. The van der Waals surface area contributed by atoms with E-state index in [0.717, 1.165) is 25.7 Å². The second-order valence-electron chi connectivity index (χ2n) is 12.2. The lowest BCUT2D eigenvalue weighted by molar-refractivity contribution is -0.318. The number of hydrogen-bond acceptors (Lipinski definition) is 4. The van der Waals surface area contributed by atoms with Crippen LogP contribution in [0, 0.1) is 47.3 Å². The molecule has 0 spiro atoms. The van der Waals surface area contributed by atoms with Crippen molar-refractivity contribution >= 4 is 17.3 Å². The van der Waals surface area contributed by atoms with Gasteiger partial charge in [0.2, 0.25) is 0 Å². The Kier molecular flexibility index (Phi) is 6.18. The number of carbonyl (C=O) groups excluding carboxylic acids is 3. The van der Waals surface area contributed by atoms with Crippen LogP contribution in [-0.4, -0.2) is 17.3 Å². The molecule has 186 valence electrons. The second-order valence-corrected chi connectivity index (χ2v) is 12.2. The van der Waals surface area contributed by atoms with Crippen molar-refractivity contribution in [3.05, 3.63) is 47.3 Å². The van der Waals surface area contributed by atoms with Gasteiger partial charge >= 0.3 is 0 Å². The van der Waals surface area contributed by atoms with Crippen LogP contribution in [0.2, 0.25) is 0 Å². The van der Waals surface area contributed by atoms with Crippen LogP contribution in [0.25, 0.3) is 0 Å². The summed E-state index contributed by atoms with van der Waals surface area (Å²) < 4.78 is 0. The molecular weight excluding hydrogens is 436 g/mol. The van der Waals surface area contributed by atoms with Crippen molar-refractivity contribution in [3.63, 3.8) is 0 Å². The summed E-state index contributed by atoms with van der Waals surface area (Å²) in [7, 11) is 0. The number of allylic oxidation sites excluding steroid dienone is 8. The Morgan fingerprint density at radius 1 is 0.571 bits per heavy atom. The molecule has 5 saturated carbocycles. The van der Waals surface area contributed by atoms with Crippen LogP contribution in [0.4, 0.5) is 0 Å². The predicted molar refractivity (Wildman–Crippen MR) is 132 cm³/mol. The Labute approximate surface area is 208 Å². The molecule has 5 fully saturated rings. The molecule has 0 aromatic heterocycles. The van der Waals surface area contributed by atoms with E-state index in [1.807, 2.05) is 0 Å². The fourth-order valence-corrected chi connectivity index (χ4v) is 8.67. The van der Waals surface area contributed by atoms with E-state index in [0.29, 0.717) is 34.8 Å². The van der Waals surface area contributed by atoms with Gasteiger partial charge < -0.3 is 5.11 Å². The number of fused-ring (bicyclic) bond motifs is 4. The number of hydrogen-bond donors (Lipinski definition) is 0. The lowest BCUT2D eigenvalue weighted by Crippen LogP contribution is -2.36. The highest BCUT2D eigenvalue weighted by atomic mass is 16.3. The first-order valence-corrected chi connectivity index (χ1v) is 14.1. The number of Topliss-reactive ketones (excluding diaryl/α,β-unsaturated/α-hetero) is 3. The highest BCUT2D eigenvalue weighted by molar-refractivity contribution is 6.27. The minimum atomic E-state index is -0.117. The SMILES string of the molecule is O=C1C(=CC=CC=CC2=C([O-])C3CC4CCCCC4CC3C2=O)C(=O)C2CC3CCCCC3CC12. The summed E-state index contributed by atoms with van der Waals surface area (Å²) in [6, 6.07) is 0. The van der Waals surface area contributed by atoms with Gasteiger partial charge in [-0.15, -0.1) is 5.76 Å². The zero-order valence-electron chi connectivity index (χ0n) is 20.6. The van der Waals surface area contributed by atoms with Gasteiger partial charge in [-0.1, -0.05) is 75.7 Å². The Morgan fingerprint density at radius 3 is 1.54 bits per heavy atom. The van der Waals surface area contributed by atoms with E-state index in [1.165, 1.54) is 51.4 Å². The predicted octanol–water partition coefficient (Wildman–Crippen LogP) is 5.04. The van der Waals surface area contributed by atoms with Crippen LogP contribution in [-0.2, 0) is 14.4 Å². The van der Waals surface area contributed by atoms with Gasteiger partial charge in [-0.3, -0.25) is 14.4 Å². The van der Waals surface area contributed by atoms with E-state index in [9.17, 15) is 19.5 Å². The zero-order chi connectivity index (χ0) is 24.1. The first kappa shape index (κ1) is 23.2. The quantitative estimate of drug-likeness (QED) is 0.327. The van der Waals surface area contributed by atoms with Crippen LogP contribution in [0.1, 0.15) is 77.0 Å². The lowest BCUT2D eigenvalue weighted by atomic mass is 9.64. The van der Waals surface area contributed by atoms with E-state index in [2.05, 4.69) is 0 Å². The molecule has 0 N–H and O–H groups in total. The summed E-state index contributed by atoms with van der Waals surface area (Å²) in [5, 5.41) is 13.0. The van der Waals surface area contributed by atoms with Gasteiger partial charge in [-0.25, -0.2) is 0 Å². The average molecular weight is 474 g/mol. The number of ketones is 3. The van der Waals surface area contributed by atoms with E-state index < -0.39 is 0 Å². The molecular formula is C31H37O4-. The zero-order valence-corrected chi connectivity index (χ0v) is 20.6. The third-order valence-electron chi connectivity index (χ3n) is 10.5. The molecule has 4 nitrogen and oxygen atoms in total. The van der Waals surface area contributed by atoms with Crippen molar-refractivity contribution < 1.29 is 19.5 Å². The summed E-state index contributed by atoms with van der Waals surface area (Å²) in [6.07, 6.45) is 21.9. The third-order valence-corrected chi connectivity index (χ3v) is 10.5. The Hall–Kier alpha value is -2.23. The van der Waals surface area contributed by atoms with E-state index >= 15 is 0 Å². The lowest BCUT2D eigenvalue weighted by Gasteiger charge is -2.42. The molecule has 0 amide bonds. The smallest absolute Gasteiger partial charge is 0.170 e. The van der Waals surface area contributed by atoms with Gasteiger partial charge in [0.25, 0.3) is 0 Å². The van der Waals surface area contributed by atoms with Crippen LogP contribution in [0.3, 0.4) is 0 Å². The fraction of sp³-hybridized carbons (Fsp3) is 0.645. The fourth-order valence-electron chi connectivity index (χ4n) is 8.67. The third kappa shape index (κ3) is 4.01. The van der Waals surface area contributed by atoms with Gasteiger partial charge in [0.1, 0.15) is 0 Å². The van der Waals surface area contributed by atoms with E-state index in [4.69, 9.17) is 0 Å². The average Bonchev–Trinajstić information content (AvgIpc) is 3.25. The van der Waals surface area contributed by atoms with Crippen LogP contribution in [0.15, 0.2) is 47.3 Å². The van der Waals surface area contributed by atoms with Crippen molar-refractivity contribution in [1.29, 1.82) is 0 Å². The minimum absolute atomic E-state index is 0.0266. The van der Waals surface area contributed by atoms with E-state index in [-0.39, 0.29) is 46.8 Å². The topological polar surface area (TPSA) is 74.3 Å². The normalized spacial score (nSPS) is 41.4. The summed E-state index contributed by atoms with van der Waals surface area (Å²) >= 11 is 0. The maximum atomic E-state index is 13.0. The molecule has 35 heavy (non-hydrogen) atoms. The molecule has 6 rings (SSSR count). The molecule has 0 bridgehead atoms. The van der Waals surface area contributed by atoms with Gasteiger partial charge in [-0.2, -0.15) is 0 Å². The Bertz CT molecular complexity index is 1010. The van der Waals surface area contributed by atoms with Gasteiger partial charge in [-0.05, 0) is 61.3 Å². The highest BCUT2D eigenvalue weighted by Gasteiger charge is 2.51. The molecule has 6 aliphatic rings.